The quantitative estimate of drug-likeness (QED) is 0.309. The number of hydrogen-bond donors (Lipinski definition) is 1. The van der Waals surface area contributed by atoms with Crippen LogP contribution >= 0.6 is 23.2 Å². The predicted molar refractivity (Wildman–Crippen MR) is 117 cm³/mol. The first-order valence-electron chi connectivity index (χ1n) is 9.83. The zero-order valence-electron chi connectivity index (χ0n) is 17.5. The van der Waals surface area contributed by atoms with Gasteiger partial charge in [-0.05, 0) is 36.4 Å². The second kappa shape index (κ2) is 10.5. The maximum Gasteiger partial charge on any atom is 0.416 e. The molecule has 35 heavy (non-hydrogen) atoms. The van der Waals surface area contributed by atoms with E-state index in [9.17, 15) is 35.8 Å². The summed E-state index contributed by atoms with van der Waals surface area (Å²) in [5.74, 6) is -0.970. The third kappa shape index (κ3) is 6.93. The van der Waals surface area contributed by atoms with Gasteiger partial charge in [0.05, 0.1) is 17.1 Å². The van der Waals surface area contributed by atoms with Gasteiger partial charge in [0, 0.05) is 23.9 Å². The molecule has 3 rings (SSSR count). The van der Waals surface area contributed by atoms with E-state index in [0.29, 0.717) is 6.07 Å². The van der Waals surface area contributed by atoms with E-state index in [1.165, 1.54) is 36.4 Å². The van der Waals surface area contributed by atoms with Crippen molar-refractivity contribution in [2.75, 3.05) is 11.4 Å². The van der Waals surface area contributed by atoms with E-state index in [1.54, 1.807) is 6.07 Å². The van der Waals surface area contributed by atoms with Crippen LogP contribution in [0, 0.1) is 5.82 Å². The number of nitrogens with zero attached hydrogens (tertiary/aromatic N) is 1. The molecule has 0 aliphatic carbocycles. The van der Waals surface area contributed by atoms with Crippen LogP contribution in [0.15, 0.2) is 60.7 Å². The monoisotopic (exact) mass is 541 g/mol. The van der Waals surface area contributed by atoms with Gasteiger partial charge in [-0.15, -0.1) is 0 Å². The Balaban J connectivity index is 1.94. The van der Waals surface area contributed by atoms with E-state index >= 15 is 0 Å². The molecular weight excluding hydrogens is 526 g/mol. The normalized spacial score (nSPS) is 13.0. The molecule has 0 radical (unpaired) electrons. The Labute approximate surface area is 205 Å². The number of halogens is 9. The van der Waals surface area contributed by atoms with Crippen molar-refractivity contribution in [2.45, 2.75) is 25.0 Å². The highest BCUT2D eigenvalue weighted by Gasteiger charge is 2.39. The second-order valence-corrected chi connectivity index (χ2v) is 8.18. The molecular formula is C23H16Cl2F7NO2. The molecule has 0 saturated heterocycles. The molecule has 3 nitrogen and oxygen atoms in total. The van der Waals surface area contributed by atoms with Gasteiger partial charge < -0.3 is 14.7 Å². The Morgan fingerprint density at radius 3 is 2.23 bits per heavy atom. The molecule has 0 aromatic heterocycles. The standard InChI is InChI=1S/C23H16Cl2F7NO2/c24-17-5-2-6-19(21(17)25)35-16-4-1-3-15(10-16)33(12-20(34)23(30,31)32)11-13-7-8-14(9-18(13)26)22(27,28)29/h1-10,20,34H,11-12H2/t20-/m1/s1. The van der Waals surface area contributed by atoms with Crippen molar-refractivity contribution in [1.29, 1.82) is 0 Å². The average Bonchev–Trinajstić information content (AvgIpc) is 2.76. The Hall–Kier alpha value is -2.69. The third-order valence-electron chi connectivity index (χ3n) is 4.84. The summed E-state index contributed by atoms with van der Waals surface area (Å²) >= 11 is 12.0. The van der Waals surface area contributed by atoms with Crippen LogP contribution in [0.1, 0.15) is 11.1 Å². The Bertz CT molecular complexity index is 1190. The first kappa shape index (κ1) is 26.9. The molecule has 1 N–H and O–H groups in total. The van der Waals surface area contributed by atoms with Crippen molar-refractivity contribution in [3.63, 3.8) is 0 Å². The highest BCUT2D eigenvalue weighted by atomic mass is 35.5. The van der Waals surface area contributed by atoms with E-state index in [-0.39, 0.29) is 38.9 Å². The summed E-state index contributed by atoms with van der Waals surface area (Å²) in [4.78, 5) is 0.969. The summed E-state index contributed by atoms with van der Waals surface area (Å²) in [6, 6.07) is 11.9. The van der Waals surface area contributed by atoms with Gasteiger partial charge in [0.25, 0.3) is 0 Å². The summed E-state index contributed by atoms with van der Waals surface area (Å²) < 4.78 is 97.7. The summed E-state index contributed by atoms with van der Waals surface area (Å²) in [5.41, 5.74) is -1.48. The van der Waals surface area contributed by atoms with Crippen molar-refractivity contribution in [3.8, 4) is 11.5 Å². The van der Waals surface area contributed by atoms with Crippen molar-refractivity contribution in [2.24, 2.45) is 0 Å². The number of aliphatic hydroxyl groups excluding tert-OH is 1. The number of hydrogen-bond acceptors (Lipinski definition) is 3. The molecule has 0 bridgehead atoms. The molecule has 1 atom stereocenters. The lowest BCUT2D eigenvalue weighted by atomic mass is 10.1. The number of benzene rings is 3. The molecule has 0 fully saturated rings. The molecule has 3 aromatic rings. The Morgan fingerprint density at radius 2 is 1.60 bits per heavy atom. The first-order valence-corrected chi connectivity index (χ1v) is 10.6. The maximum atomic E-state index is 14.4. The predicted octanol–water partition coefficient (Wildman–Crippen LogP) is 7.87. The van der Waals surface area contributed by atoms with Gasteiger partial charge in [-0.25, -0.2) is 4.39 Å². The average molecular weight is 542 g/mol. The van der Waals surface area contributed by atoms with Gasteiger partial charge in [0.2, 0.25) is 0 Å². The lowest BCUT2D eigenvalue weighted by Crippen LogP contribution is -2.41. The minimum absolute atomic E-state index is 0.0725. The molecule has 0 heterocycles. The van der Waals surface area contributed by atoms with Crippen LogP contribution in [0.4, 0.5) is 36.4 Å². The highest BCUT2D eigenvalue weighted by Crippen LogP contribution is 2.36. The van der Waals surface area contributed by atoms with Gasteiger partial charge in [-0.2, -0.15) is 26.3 Å². The number of anilines is 1. The van der Waals surface area contributed by atoms with Crippen LogP contribution in [-0.4, -0.2) is 23.9 Å². The molecule has 0 aliphatic heterocycles. The first-order chi connectivity index (χ1) is 16.3. The van der Waals surface area contributed by atoms with E-state index < -0.39 is 42.9 Å². The van der Waals surface area contributed by atoms with Crippen LogP contribution < -0.4 is 9.64 Å². The maximum absolute atomic E-state index is 14.4. The number of aliphatic hydroxyl groups is 1. The Morgan fingerprint density at radius 1 is 0.914 bits per heavy atom. The number of rotatable bonds is 7. The lowest BCUT2D eigenvalue weighted by Gasteiger charge is -2.29. The smallest absolute Gasteiger partial charge is 0.416 e. The van der Waals surface area contributed by atoms with Gasteiger partial charge in [0.15, 0.2) is 6.10 Å². The van der Waals surface area contributed by atoms with Crippen molar-refractivity contribution >= 4 is 28.9 Å². The minimum Gasteiger partial charge on any atom is -0.456 e. The van der Waals surface area contributed by atoms with Gasteiger partial charge in [-0.3, -0.25) is 0 Å². The molecule has 0 spiro atoms. The molecule has 0 unspecified atom stereocenters. The molecule has 0 aliphatic rings. The fourth-order valence-electron chi connectivity index (χ4n) is 3.06. The SMILES string of the molecule is O[C@H](CN(Cc1ccc(C(F)(F)F)cc1F)c1cccc(Oc2cccc(Cl)c2Cl)c1)C(F)(F)F. The summed E-state index contributed by atoms with van der Waals surface area (Å²) in [6.07, 6.45) is -12.6. The Kier molecular flexibility index (Phi) is 8.08. The topological polar surface area (TPSA) is 32.7 Å². The third-order valence-corrected chi connectivity index (χ3v) is 5.64. The van der Waals surface area contributed by atoms with Crippen molar-refractivity contribution in [1.82, 2.24) is 0 Å². The van der Waals surface area contributed by atoms with E-state index in [4.69, 9.17) is 27.9 Å². The van der Waals surface area contributed by atoms with E-state index in [0.717, 1.165) is 11.0 Å². The van der Waals surface area contributed by atoms with E-state index in [2.05, 4.69) is 0 Å². The van der Waals surface area contributed by atoms with Crippen LogP contribution in [0.3, 0.4) is 0 Å². The number of alkyl halides is 6. The minimum atomic E-state index is -4.99. The second-order valence-electron chi connectivity index (χ2n) is 7.39. The van der Waals surface area contributed by atoms with E-state index in [1.807, 2.05) is 0 Å². The highest BCUT2D eigenvalue weighted by molar-refractivity contribution is 6.42. The summed E-state index contributed by atoms with van der Waals surface area (Å²) in [7, 11) is 0. The van der Waals surface area contributed by atoms with Crippen molar-refractivity contribution in [3.05, 3.63) is 87.7 Å². The zero-order valence-corrected chi connectivity index (χ0v) is 19.0. The van der Waals surface area contributed by atoms with Crippen LogP contribution in [0.5, 0.6) is 11.5 Å². The van der Waals surface area contributed by atoms with Gasteiger partial charge in [-0.1, -0.05) is 41.4 Å². The molecule has 0 amide bonds. The molecule has 188 valence electrons. The van der Waals surface area contributed by atoms with Crippen LogP contribution in [0.25, 0.3) is 0 Å². The lowest BCUT2D eigenvalue weighted by molar-refractivity contribution is -0.200. The van der Waals surface area contributed by atoms with Crippen LogP contribution in [0.2, 0.25) is 10.0 Å². The van der Waals surface area contributed by atoms with Crippen LogP contribution in [-0.2, 0) is 12.7 Å². The molecule has 12 heteroatoms. The van der Waals surface area contributed by atoms with Crippen molar-refractivity contribution < 1.29 is 40.6 Å². The fourth-order valence-corrected chi connectivity index (χ4v) is 3.39. The van der Waals surface area contributed by atoms with Gasteiger partial charge >= 0.3 is 12.4 Å². The molecule has 0 saturated carbocycles. The summed E-state index contributed by atoms with van der Waals surface area (Å²) in [6.45, 7) is -1.59. The summed E-state index contributed by atoms with van der Waals surface area (Å²) in [5, 5.41) is 9.91. The zero-order chi connectivity index (χ0) is 26.0. The number of ether oxygens (including phenoxy) is 1. The molecule has 3 aromatic carbocycles. The fraction of sp³-hybridized carbons (Fsp3) is 0.217. The van der Waals surface area contributed by atoms with Gasteiger partial charge in [0.1, 0.15) is 22.3 Å². The largest absolute Gasteiger partial charge is 0.456 e.